The molecule has 0 amide bonds. The molecule has 0 spiro atoms. The van der Waals surface area contributed by atoms with Gasteiger partial charge in [-0.25, -0.2) is 22.9 Å². The van der Waals surface area contributed by atoms with Crippen molar-refractivity contribution in [3.8, 4) is 17.0 Å². The second-order valence-electron chi connectivity index (χ2n) is 7.52. The molecule has 3 aromatic rings. The number of benzene rings is 1. The Morgan fingerprint density at radius 1 is 1.20 bits per heavy atom. The van der Waals surface area contributed by atoms with Crippen LogP contribution in [0.2, 0.25) is 0 Å². The Morgan fingerprint density at radius 2 is 1.97 bits per heavy atom. The molecule has 0 bridgehead atoms. The minimum atomic E-state index is -3.10. The molecule has 30 heavy (non-hydrogen) atoms. The van der Waals surface area contributed by atoms with Crippen molar-refractivity contribution < 1.29 is 22.7 Å². The first-order chi connectivity index (χ1) is 14.2. The van der Waals surface area contributed by atoms with E-state index in [9.17, 15) is 13.2 Å². The van der Waals surface area contributed by atoms with Gasteiger partial charge in [0.25, 0.3) is 0 Å². The van der Waals surface area contributed by atoms with Gasteiger partial charge in [-0.15, -0.1) is 0 Å². The number of carbonyl (C=O) groups excluding carboxylic acids is 1. The monoisotopic (exact) mass is 429 g/mol. The quantitative estimate of drug-likeness (QED) is 0.588. The number of methoxy groups -OCH3 is 2. The second-order valence-corrected chi connectivity index (χ2v) is 9.75. The predicted octanol–water partition coefficient (Wildman–Crippen LogP) is 2.87. The molecule has 0 N–H and O–H groups in total. The number of carbonyl (C=O) groups is 1. The van der Waals surface area contributed by atoms with Crippen molar-refractivity contribution in [2.24, 2.45) is 0 Å². The number of esters is 1. The fraction of sp³-hybridized carbons (Fsp3) is 0.381. The van der Waals surface area contributed by atoms with Crippen LogP contribution in [0.1, 0.15) is 34.1 Å². The molecule has 1 aromatic carbocycles. The van der Waals surface area contributed by atoms with Crippen LogP contribution >= 0.6 is 0 Å². The van der Waals surface area contributed by atoms with Gasteiger partial charge in [-0.2, -0.15) is 5.10 Å². The van der Waals surface area contributed by atoms with Gasteiger partial charge in [0.2, 0.25) is 0 Å². The third kappa shape index (κ3) is 3.43. The number of aromatic nitrogens is 3. The lowest BCUT2D eigenvalue weighted by Gasteiger charge is -2.12. The summed E-state index contributed by atoms with van der Waals surface area (Å²) in [5.41, 5.74) is 3.78. The van der Waals surface area contributed by atoms with Crippen molar-refractivity contribution in [2.45, 2.75) is 26.3 Å². The molecule has 4 rings (SSSR count). The van der Waals surface area contributed by atoms with E-state index in [-0.39, 0.29) is 17.5 Å². The van der Waals surface area contributed by atoms with E-state index < -0.39 is 15.8 Å². The average molecular weight is 429 g/mol. The molecule has 1 unspecified atom stereocenters. The molecule has 0 radical (unpaired) electrons. The summed E-state index contributed by atoms with van der Waals surface area (Å²) in [5, 5.41) is 5.14. The fourth-order valence-corrected chi connectivity index (χ4v) is 5.68. The smallest absolute Gasteiger partial charge is 0.338 e. The Hall–Kier alpha value is -2.94. The first-order valence-electron chi connectivity index (χ1n) is 9.57. The zero-order valence-electron chi connectivity index (χ0n) is 17.3. The standard InChI is InChI=1S/C21H23N3O5S/c1-12-9-14(5-6-18(12)28-3)17-10-16(21(25)29-4)19-13(2)23-24(20(19)22-17)15-7-8-30(26,27)11-15/h5-6,9-10,15H,7-8,11H2,1-4H3. The summed E-state index contributed by atoms with van der Waals surface area (Å²) in [6, 6.07) is 7.04. The van der Waals surface area contributed by atoms with Crippen molar-refractivity contribution in [2.75, 3.05) is 25.7 Å². The van der Waals surface area contributed by atoms with Crippen LogP contribution in [0.3, 0.4) is 0 Å². The maximum atomic E-state index is 12.6. The minimum absolute atomic E-state index is 0.0182. The van der Waals surface area contributed by atoms with E-state index in [0.29, 0.717) is 34.4 Å². The highest BCUT2D eigenvalue weighted by atomic mass is 32.2. The molecule has 0 saturated carbocycles. The largest absolute Gasteiger partial charge is 0.496 e. The molecule has 158 valence electrons. The molecule has 8 nitrogen and oxygen atoms in total. The third-order valence-corrected chi connectivity index (χ3v) is 7.24. The van der Waals surface area contributed by atoms with E-state index in [0.717, 1.165) is 16.9 Å². The lowest BCUT2D eigenvalue weighted by atomic mass is 10.0. The van der Waals surface area contributed by atoms with E-state index in [4.69, 9.17) is 14.5 Å². The Morgan fingerprint density at radius 3 is 2.57 bits per heavy atom. The maximum Gasteiger partial charge on any atom is 0.338 e. The molecule has 9 heteroatoms. The fourth-order valence-electron chi connectivity index (χ4n) is 3.99. The average Bonchev–Trinajstić information content (AvgIpc) is 3.25. The van der Waals surface area contributed by atoms with Crippen LogP contribution < -0.4 is 4.74 Å². The molecule has 1 fully saturated rings. The molecule has 1 aliphatic rings. The number of hydrogen-bond donors (Lipinski definition) is 0. The Kier molecular flexibility index (Phi) is 5.01. The van der Waals surface area contributed by atoms with Gasteiger partial charge in [0.1, 0.15) is 5.75 Å². The van der Waals surface area contributed by atoms with Gasteiger partial charge >= 0.3 is 5.97 Å². The van der Waals surface area contributed by atoms with Crippen LogP contribution in [0.15, 0.2) is 24.3 Å². The number of sulfone groups is 1. The van der Waals surface area contributed by atoms with Crippen molar-refractivity contribution in [3.63, 3.8) is 0 Å². The Labute approximate surface area is 174 Å². The molecule has 1 saturated heterocycles. The van der Waals surface area contributed by atoms with E-state index in [1.165, 1.54) is 7.11 Å². The van der Waals surface area contributed by atoms with Gasteiger partial charge in [0, 0.05) is 5.56 Å². The molecular weight excluding hydrogens is 406 g/mol. The summed E-state index contributed by atoms with van der Waals surface area (Å²) in [7, 11) is -0.166. The number of nitrogens with zero attached hydrogens (tertiary/aromatic N) is 3. The van der Waals surface area contributed by atoms with Gasteiger partial charge < -0.3 is 9.47 Å². The highest BCUT2D eigenvalue weighted by Gasteiger charge is 2.32. The van der Waals surface area contributed by atoms with E-state index in [1.807, 2.05) is 25.1 Å². The topological polar surface area (TPSA) is 100 Å². The molecule has 0 aliphatic carbocycles. The van der Waals surface area contributed by atoms with E-state index in [2.05, 4.69) is 5.10 Å². The highest BCUT2D eigenvalue weighted by Crippen LogP contribution is 2.33. The number of pyridine rings is 1. The zero-order valence-corrected chi connectivity index (χ0v) is 18.1. The van der Waals surface area contributed by atoms with Crippen molar-refractivity contribution >= 4 is 26.8 Å². The maximum absolute atomic E-state index is 12.6. The summed E-state index contributed by atoms with van der Waals surface area (Å²) >= 11 is 0. The van der Waals surface area contributed by atoms with Crippen LogP contribution in [0.5, 0.6) is 5.75 Å². The lowest BCUT2D eigenvalue weighted by Crippen LogP contribution is -2.13. The summed E-state index contributed by atoms with van der Waals surface area (Å²) in [5.74, 6) is 0.407. The lowest BCUT2D eigenvalue weighted by molar-refractivity contribution is 0.0603. The minimum Gasteiger partial charge on any atom is -0.496 e. The number of hydrogen-bond acceptors (Lipinski definition) is 7. The third-order valence-electron chi connectivity index (χ3n) is 5.49. The van der Waals surface area contributed by atoms with Gasteiger partial charge in [0.15, 0.2) is 15.5 Å². The SMILES string of the molecule is COC(=O)c1cc(-c2ccc(OC)c(C)c2)nc2c1c(C)nn2C1CCS(=O)(=O)C1. The molecule has 1 aliphatic heterocycles. The Balaban J connectivity index is 1.95. The van der Waals surface area contributed by atoms with Gasteiger partial charge in [-0.05, 0) is 50.1 Å². The van der Waals surface area contributed by atoms with Crippen LogP contribution in [0.25, 0.3) is 22.3 Å². The molecule has 1 atom stereocenters. The van der Waals surface area contributed by atoms with Crippen LogP contribution in [0.4, 0.5) is 0 Å². The zero-order chi connectivity index (χ0) is 21.6. The summed E-state index contributed by atoms with van der Waals surface area (Å²) in [4.78, 5) is 17.4. The summed E-state index contributed by atoms with van der Waals surface area (Å²) in [6.45, 7) is 3.72. The summed E-state index contributed by atoms with van der Waals surface area (Å²) < 4.78 is 36.0. The van der Waals surface area contributed by atoms with Crippen molar-refractivity contribution in [1.29, 1.82) is 0 Å². The molecular formula is C21H23N3O5S. The number of aryl methyl sites for hydroxylation is 2. The van der Waals surface area contributed by atoms with Crippen molar-refractivity contribution in [3.05, 3.63) is 41.1 Å². The highest BCUT2D eigenvalue weighted by molar-refractivity contribution is 7.91. The first kappa shape index (κ1) is 20.3. The van der Waals surface area contributed by atoms with Crippen molar-refractivity contribution in [1.82, 2.24) is 14.8 Å². The van der Waals surface area contributed by atoms with Crippen LogP contribution in [-0.2, 0) is 14.6 Å². The van der Waals surface area contributed by atoms with Gasteiger partial charge in [-0.3, -0.25) is 0 Å². The van der Waals surface area contributed by atoms with Gasteiger partial charge in [-0.1, -0.05) is 0 Å². The normalized spacial score (nSPS) is 17.9. The number of fused-ring (bicyclic) bond motifs is 1. The van der Waals surface area contributed by atoms with E-state index in [1.54, 1.807) is 24.8 Å². The number of rotatable bonds is 4. The molecule has 2 aromatic heterocycles. The molecule has 3 heterocycles. The first-order valence-corrected chi connectivity index (χ1v) is 11.4. The van der Waals surface area contributed by atoms with Crippen LogP contribution in [-0.4, -0.2) is 54.9 Å². The predicted molar refractivity (Wildman–Crippen MR) is 113 cm³/mol. The Bertz CT molecular complexity index is 1260. The van der Waals surface area contributed by atoms with Gasteiger partial charge in [0.05, 0.1) is 54.1 Å². The van der Waals surface area contributed by atoms with Crippen LogP contribution in [0, 0.1) is 13.8 Å². The van der Waals surface area contributed by atoms with E-state index >= 15 is 0 Å². The second kappa shape index (κ2) is 7.39. The number of ether oxygens (including phenoxy) is 2. The summed E-state index contributed by atoms with van der Waals surface area (Å²) in [6.07, 6.45) is 0.472.